The number of halogens is 1. The second-order valence-corrected chi connectivity index (χ2v) is 5.64. The van der Waals surface area contributed by atoms with Crippen molar-refractivity contribution in [3.63, 3.8) is 0 Å². The maximum Gasteiger partial charge on any atom is 0.273 e. The molecule has 5 nitrogen and oxygen atoms in total. The highest BCUT2D eigenvalue weighted by atomic mass is 19.1. The molecule has 0 fully saturated rings. The Hall–Kier alpha value is -2.99. The van der Waals surface area contributed by atoms with Crippen molar-refractivity contribution in [3.05, 3.63) is 77.7 Å². The zero-order chi connectivity index (χ0) is 17.6. The molecule has 1 aromatic heterocycles. The molecular weight excluding hydrogens is 323 g/mol. The van der Waals surface area contributed by atoms with E-state index in [0.29, 0.717) is 17.7 Å². The highest BCUT2D eigenvalue weighted by molar-refractivity contribution is 5.93. The maximum absolute atomic E-state index is 12.9. The lowest BCUT2D eigenvalue weighted by atomic mass is 10.1. The molecule has 25 heavy (non-hydrogen) atoms. The summed E-state index contributed by atoms with van der Waals surface area (Å²) in [5.41, 5.74) is 1.72. The summed E-state index contributed by atoms with van der Waals surface area (Å²) in [4.78, 5) is 12.1. The molecule has 0 radical (unpaired) electrons. The SMILES string of the molecule is O=C(NCC(O)Cc1ccccc1)c1cc(-c2ccc(F)cc2)on1. The van der Waals surface area contributed by atoms with Crippen LogP contribution < -0.4 is 5.32 Å². The topological polar surface area (TPSA) is 75.4 Å². The third kappa shape index (κ3) is 4.51. The molecule has 0 aliphatic heterocycles. The Morgan fingerprint density at radius 1 is 1.16 bits per heavy atom. The van der Waals surface area contributed by atoms with Gasteiger partial charge in [-0.2, -0.15) is 0 Å². The van der Waals surface area contributed by atoms with Crippen LogP contribution in [0.1, 0.15) is 16.1 Å². The number of nitrogens with zero attached hydrogens (tertiary/aromatic N) is 1. The van der Waals surface area contributed by atoms with E-state index in [9.17, 15) is 14.3 Å². The maximum atomic E-state index is 12.9. The lowest BCUT2D eigenvalue weighted by molar-refractivity contribution is 0.0907. The van der Waals surface area contributed by atoms with E-state index in [1.807, 2.05) is 30.3 Å². The first-order valence-electron chi connectivity index (χ1n) is 7.84. The standard InChI is InChI=1S/C19H17FN2O3/c20-15-8-6-14(7-9-15)18-11-17(22-25-18)19(24)21-12-16(23)10-13-4-2-1-3-5-13/h1-9,11,16,23H,10,12H2,(H,21,24). The van der Waals surface area contributed by atoms with Gasteiger partial charge in [-0.05, 0) is 29.8 Å². The van der Waals surface area contributed by atoms with Crippen LogP contribution in [0.15, 0.2) is 65.2 Å². The number of benzene rings is 2. The summed E-state index contributed by atoms with van der Waals surface area (Å²) < 4.78 is 18.1. The highest BCUT2D eigenvalue weighted by Gasteiger charge is 2.15. The van der Waals surface area contributed by atoms with Gasteiger partial charge in [0.1, 0.15) is 5.82 Å². The molecule has 0 saturated carbocycles. The van der Waals surface area contributed by atoms with E-state index in [-0.39, 0.29) is 18.1 Å². The van der Waals surface area contributed by atoms with Crippen LogP contribution in [0, 0.1) is 5.82 Å². The summed E-state index contributed by atoms with van der Waals surface area (Å²) in [5.74, 6) is -0.423. The quantitative estimate of drug-likeness (QED) is 0.723. The van der Waals surface area contributed by atoms with E-state index in [2.05, 4.69) is 10.5 Å². The number of aliphatic hydroxyl groups is 1. The number of rotatable bonds is 6. The molecule has 1 atom stereocenters. The Kier molecular flexibility index (Phi) is 5.20. The number of carbonyl (C=O) groups excluding carboxylic acids is 1. The Labute approximate surface area is 144 Å². The van der Waals surface area contributed by atoms with Crippen molar-refractivity contribution < 1.29 is 18.8 Å². The Morgan fingerprint density at radius 3 is 2.60 bits per heavy atom. The van der Waals surface area contributed by atoms with Gasteiger partial charge in [-0.1, -0.05) is 35.5 Å². The second-order valence-electron chi connectivity index (χ2n) is 5.64. The van der Waals surface area contributed by atoms with Crippen molar-refractivity contribution in [2.75, 3.05) is 6.54 Å². The molecule has 2 aromatic carbocycles. The van der Waals surface area contributed by atoms with Crippen molar-refractivity contribution in [1.82, 2.24) is 10.5 Å². The molecule has 128 valence electrons. The summed E-state index contributed by atoms with van der Waals surface area (Å²) >= 11 is 0. The molecule has 1 unspecified atom stereocenters. The van der Waals surface area contributed by atoms with Gasteiger partial charge >= 0.3 is 0 Å². The van der Waals surface area contributed by atoms with E-state index < -0.39 is 12.0 Å². The largest absolute Gasteiger partial charge is 0.391 e. The number of hydrogen-bond donors (Lipinski definition) is 2. The van der Waals surface area contributed by atoms with Crippen molar-refractivity contribution in [3.8, 4) is 11.3 Å². The van der Waals surface area contributed by atoms with E-state index in [1.54, 1.807) is 12.1 Å². The molecule has 1 amide bonds. The smallest absolute Gasteiger partial charge is 0.273 e. The molecule has 3 aromatic rings. The van der Waals surface area contributed by atoms with E-state index >= 15 is 0 Å². The van der Waals surface area contributed by atoms with Crippen LogP contribution in [-0.2, 0) is 6.42 Å². The summed E-state index contributed by atoms with van der Waals surface area (Å²) in [5, 5.41) is 16.3. The summed E-state index contributed by atoms with van der Waals surface area (Å²) in [6, 6.07) is 16.7. The summed E-state index contributed by atoms with van der Waals surface area (Å²) in [6.45, 7) is 0.104. The first kappa shape index (κ1) is 16.9. The number of hydrogen-bond acceptors (Lipinski definition) is 4. The molecule has 0 aliphatic rings. The summed E-state index contributed by atoms with van der Waals surface area (Å²) in [7, 11) is 0. The van der Waals surface area contributed by atoms with Crippen LogP contribution >= 0.6 is 0 Å². The first-order valence-corrected chi connectivity index (χ1v) is 7.84. The fourth-order valence-corrected chi connectivity index (χ4v) is 2.39. The normalized spacial score (nSPS) is 11.9. The van der Waals surface area contributed by atoms with E-state index in [4.69, 9.17) is 4.52 Å². The minimum absolute atomic E-state index is 0.103. The average Bonchev–Trinajstić information content (AvgIpc) is 3.11. The second kappa shape index (κ2) is 7.72. The lowest BCUT2D eigenvalue weighted by Crippen LogP contribution is -2.33. The van der Waals surface area contributed by atoms with Gasteiger partial charge in [0.15, 0.2) is 11.5 Å². The molecule has 3 rings (SSSR count). The molecule has 0 saturated heterocycles. The zero-order valence-electron chi connectivity index (χ0n) is 13.4. The number of carbonyl (C=O) groups is 1. The van der Waals surface area contributed by atoms with Gasteiger partial charge in [0.2, 0.25) is 0 Å². The number of amides is 1. The molecule has 6 heteroatoms. The molecular formula is C19H17FN2O3. The Morgan fingerprint density at radius 2 is 1.88 bits per heavy atom. The lowest BCUT2D eigenvalue weighted by Gasteiger charge is -2.11. The van der Waals surface area contributed by atoms with Crippen LogP contribution in [-0.4, -0.2) is 28.8 Å². The van der Waals surface area contributed by atoms with Gasteiger partial charge in [-0.25, -0.2) is 4.39 Å². The van der Waals surface area contributed by atoms with Crippen LogP contribution in [0.3, 0.4) is 0 Å². The monoisotopic (exact) mass is 340 g/mol. The van der Waals surface area contributed by atoms with Crippen molar-refractivity contribution in [2.45, 2.75) is 12.5 Å². The third-order valence-electron chi connectivity index (χ3n) is 3.68. The van der Waals surface area contributed by atoms with Gasteiger partial charge in [0, 0.05) is 24.6 Å². The predicted molar refractivity (Wildman–Crippen MR) is 90.4 cm³/mol. The van der Waals surface area contributed by atoms with Crippen LogP contribution in [0.25, 0.3) is 11.3 Å². The van der Waals surface area contributed by atoms with E-state index in [1.165, 1.54) is 18.2 Å². The highest BCUT2D eigenvalue weighted by Crippen LogP contribution is 2.20. The van der Waals surface area contributed by atoms with Gasteiger partial charge in [-0.15, -0.1) is 0 Å². The first-order chi connectivity index (χ1) is 12.1. The van der Waals surface area contributed by atoms with Crippen molar-refractivity contribution in [1.29, 1.82) is 0 Å². The van der Waals surface area contributed by atoms with Crippen molar-refractivity contribution >= 4 is 5.91 Å². The Bertz CT molecular complexity index is 831. The van der Waals surface area contributed by atoms with Gasteiger partial charge in [0.05, 0.1) is 6.10 Å². The number of aliphatic hydroxyl groups excluding tert-OH is 1. The fourth-order valence-electron chi connectivity index (χ4n) is 2.39. The fraction of sp³-hybridized carbons (Fsp3) is 0.158. The summed E-state index contributed by atoms with van der Waals surface area (Å²) in [6.07, 6.45) is -0.254. The minimum Gasteiger partial charge on any atom is -0.391 e. The van der Waals surface area contributed by atoms with Gasteiger partial charge in [0.25, 0.3) is 5.91 Å². The molecule has 0 bridgehead atoms. The zero-order valence-corrected chi connectivity index (χ0v) is 13.4. The predicted octanol–water partition coefficient (Wildman–Crippen LogP) is 2.81. The van der Waals surface area contributed by atoms with Crippen molar-refractivity contribution in [2.24, 2.45) is 0 Å². The minimum atomic E-state index is -0.699. The number of nitrogens with one attached hydrogen (secondary N) is 1. The van der Waals surface area contributed by atoms with E-state index in [0.717, 1.165) is 5.56 Å². The van der Waals surface area contributed by atoms with Crippen LogP contribution in [0.4, 0.5) is 4.39 Å². The average molecular weight is 340 g/mol. The molecule has 2 N–H and O–H groups in total. The van der Waals surface area contributed by atoms with Crippen LogP contribution in [0.5, 0.6) is 0 Å². The third-order valence-corrected chi connectivity index (χ3v) is 3.68. The van der Waals surface area contributed by atoms with Gasteiger partial charge < -0.3 is 14.9 Å². The Balaban J connectivity index is 1.56. The molecule has 1 heterocycles. The number of aromatic nitrogens is 1. The molecule has 0 spiro atoms. The van der Waals surface area contributed by atoms with Gasteiger partial charge in [-0.3, -0.25) is 4.79 Å². The molecule has 0 aliphatic carbocycles. The van der Waals surface area contributed by atoms with Crippen LogP contribution in [0.2, 0.25) is 0 Å².